The van der Waals surface area contributed by atoms with Crippen LogP contribution in [0.2, 0.25) is 0 Å². The summed E-state index contributed by atoms with van der Waals surface area (Å²) in [5.41, 5.74) is 0. The quantitative estimate of drug-likeness (QED) is 0.492. The molecule has 0 aromatic rings. The average Bonchev–Trinajstić information content (AvgIpc) is 1.90. The molecular formula is C5H4N2S. The van der Waals surface area contributed by atoms with Gasteiger partial charge in [0.05, 0.1) is 0 Å². The van der Waals surface area contributed by atoms with Crippen LogP contribution >= 0.6 is 11.9 Å². The normalized spacial score (nSPS) is 16.1. The third-order valence-electron chi connectivity index (χ3n) is 0.691. The Morgan fingerprint density at radius 1 is 1.75 bits per heavy atom. The third kappa shape index (κ3) is 1.04. The zero-order valence-electron chi connectivity index (χ0n) is 4.09. The minimum atomic E-state index is 0.701. The Morgan fingerprint density at radius 2 is 2.62 bits per heavy atom. The van der Waals surface area contributed by atoms with Gasteiger partial charge in [-0.15, -0.1) is 0 Å². The van der Waals surface area contributed by atoms with Gasteiger partial charge in [0.15, 0.2) is 0 Å². The lowest BCUT2D eigenvalue weighted by Crippen LogP contribution is -1.93. The Bertz CT molecular complexity index is 175. The van der Waals surface area contributed by atoms with Crippen molar-refractivity contribution in [3.63, 3.8) is 0 Å². The van der Waals surface area contributed by atoms with Crippen molar-refractivity contribution < 1.29 is 0 Å². The van der Waals surface area contributed by atoms with Gasteiger partial charge in [0, 0.05) is 6.20 Å². The van der Waals surface area contributed by atoms with Crippen LogP contribution in [0.4, 0.5) is 0 Å². The monoisotopic (exact) mass is 124 g/mol. The molecule has 0 saturated carbocycles. The second-order valence-electron chi connectivity index (χ2n) is 1.22. The molecule has 0 aromatic heterocycles. The molecule has 3 heteroatoms. The van der Waals surface area contributed by atoms with Crippen molar-refractivity contribution in [1.29, 1.82) is 5.26 Å². The van der Waals surface area contributed by atoms with Gasteiger partial charge in [0.1, 0.15) is 11.0 Å². The molecule has 1 heterocycles. The first-order chi connectivity index (χ1) is 3.93. The Labute approximate surface area is 52.0 Å². The highest BCUT2D eigenvalue weighted by Gasteiger charge is 1.94. The van der Waals surface area contributed by atoms with Gasteiger partial charge in [-0.3, -0.25) is 0 Å². The molecule has 8 heavy (non-hydrogen) atoms. The highest BCUT2D eigenvalue weighted by Crippen LogP contribution is 2.12. The van der Waals surface area contributed by atoms with Crippen molar-refractivity contribution in [1.82, 2.24) is 4.72 Å². The molecule has 1 N–H and O–H groups in total. The number of nitriles is 1. The zero-order valence-corrected chi connectivity index (χ0v) is 4.90. The smallest absolute Gasteiger partial charge is 0.108 e. The lowest BCUT2D eigenvalue weighted by atomic mass is 10.5. The molecule has 0 unspecified atom stereocenters. The fourth-order valence-electron chi connectivity index (χ4n) is 0.366. The number of hydrogen-bond donors (Lipinski definition) is 1. The van der Waals surface area contributed by atoms with Crippen LogP contribution in [-0.4, -0.2) is 0 Å². The van der Waals surface area contributed by atoms with Crippen LogP contribution in [0.5, 0.6) is 0 Å². The molecule has 1 rings (SSSR count). The number of allylic oxidation sites excluding steroid dienone is 3. The summed E-state index contributed by atoms with van der Waals surface area (Å²) < 4.78 is 2.83. The molecular weight excluding hydrogens is 120 g/mol. The Hall–Kier alpha value is -0.880. The first kappa shape index (κ1) is 5.26. The van der Waals surface area contributed by atoms with E-state index in [0.717, 1.165) is 0 Å². The van der Waals surface area contributed by atoms with E-state index in [1.54, 1.807) is 18.4 Å². The molecule has 0 amide bonds. The van der Waals surface area contributed by atoms with Gasteiger partial charge in [0.25, 0.3) is 0 Å². The first-order valence-electron chi connectivity index (χ1n) is 2.13. The van der Waals surface area contributed by atoms with Crippen molar-refractivity contribution in [2.45, 2.75) is 0 Å². The van der Waals surface area contributed by atoms with Crippen LogP contribution in [0.25, 0.3) is 0 Å². The van der Waals surface area contributed by atoms with Crippen molar-refractivity contribution >= 4 is 11.9 Å². The van der Waals surface area contributed by atoms with Crippen LogP contribution in [-0.2, 0) is 0 Å². The maximum Gasteiger partial charge on any atom is 0.108 e. The molecule has 0 saturated heterocycles. The van der Waals surface area contributed by atoms with Gasteiger partial charge in [-0.2, -0.15) is 5.26 Å². The van der Waals surface area contributed by atoms with Gasteiger partial charge in [-0.25, -0.2) is 0 Å². The topological polar surface area (TPSA) is 35.8 Å². The van der Waals surface area contributed by atoms with E-state index in [1.807, 2.05) is 6.07 Å². The minimum absolute atomic E-state index is 0.701. The highest BCUT2D eigenvalue weighted by molar-refractivity contribution is 8.01. The molecule has 1 aliphatic rings. The van der Waals surface area contributed by atoms with Crippen molar-refractivity contribution in [3.05, 3.63) is 23.3 Å². The number of hydrogen-bond acceptors (Lipinski definition) is 3. The van der Waals surface area contributed by atoms with Crippen LogP contribution in [0.15, 0.2) is 23.3 Å². The summed E-state index contributed by atoms with van der Waals surface area (Å²) in [5, 5.41) is 8.28. The van der Waals surface area contributed by atoms with E-state index < -0.39 is 0 Å². The van der Waals surface area contributed by atoms with E-state index >= 15 is 0 Å². The van der Waals surface area contributed by atoms with E-state index in [-0.39, 0.29) is 0 Å². The maximum absolute atomic E-state index is 8.28. The van der Waals surface area contributed by atoms with E-state index in [4.69, 9.17) is 5.26 Å². The fourth-order valence-corrected chi connectivity index (χ4v) is 0.832. The molecule has 0 radical (unpaired) electrons. The van der Waals surface area contributed by atoms with E-state index in [0.29, 0.717) is 4.91 Å². The van der Waals surface area contributed by atoms with Crippen molar-refractivity contribution in [2.24, 2.45) is 0 Å². The fraction of sp³-hybridized carbons (Fsp3) is 0. The number of rotatable bonds is 0. The summed E-state index contributed by atoms with van der Waals surface area (Å²) >= 11 is 1.33. The van der Waals surface area contributed by atoms with E-state index in [2.05, 4.69) is 4.72 Å². The summed E-state index contributed by atoms with van der Waals surface area (Å²) in [6.45, 7) is 0. The predicted octanol–water partition coefficient (Wildman–Crippen LogP) is 1.16. The second-order valence-corrected chi connectivity index (χ2v) is 2.10. The summed E-state index contributed by atoms with van der Waals surface area (Å²) in [4.78, 5) is 0.701. The number of nitrogens with one attached hydrogen (secondary N) is 1. The minimum Gasteiger partial charge on any atom is -0.332 e. The summed E-state index contributed by atoms with van der Waals surface area (Å²) in [6.07, 6.45) is 5.35. The lowest BCUT2D eigenvalue weighted by molar-refractivity contribution is 1.40. The third-order valence-corrected chi connectivity index (χ3v) is 1.39. The van der Waals surface area contributed by atoms with E-state index in [1.165, 1.54) is 11.9 Å². The lowest BCUT2D eigenvalue weighted by Gasteiger charge is -1.98. The summed E-state index contributed by atoms with van der Waals surface area (Å²) in [5.74, 6) is 0. The maximum atomic E-state index is 8.28. The van der Waals surface area contributed by atoms with E-state index in [9.17, 15) is 0 Å². The van der Waals surface area contributed by atoms with Gasteiger partial charge < -0.3 is 4.72 Å². The molecule has 0 aliphatic carbocycles. The van der Waals surface area contributed by atoms with Gasteiger partial charge in [0.2, 0.25) is 0 Å². The Kier molecular flexibility index (Phi) is 1.60. The Morgan fingerprint density at radius 3 is 3.00 bits per heavy atom. The molecule has 2 nitrogen and oxygen atoms in total. The number of nitrogens with zero attached hydrogens (tertiary/aromatic N) is 1. The second kappa shape index (κ2) is 2.43. The highest BCUT2D eigenvalue weighted by atomic mass is 32.2. The molecule has 0 bridgehead atoms. The standard InChI is InChI=1S/C5H4N2S/c6-4-5-2-1-3-7-8-5/h1-3,7H. The van der Waals surface area contributed by atoms with Crippen molar-refractivity contribution in [2.75, 3.05) is 0 Å². The van der Waals surface area contributed by atoms with Crippen LogP contribution < -0.4 is 4.72 Å². The molecule has 0 fully saturated rings. The van der Waals surface area contributed by atoms with Gasteiger partial charge in [-0.05, 0) is 24.1 Å². The van der Waals surface area contributed by atoms with Crippen LogP contribution in [0, 0.1) is 11.3 Å². The SMILES string of the molecule is N#CC1=CC=CNS1. The average molecular weight is 124 g/mol. The largest absolute Gasteiger partial charge is 0.332 e. The van der Waals surface area contributed by atoms with Gasteiger partial charge in [-0.1, -0.05) is 0 Å². The first-order valence-corrected chi connectivity index (χ1v) is 2.94. The molecule has 40 valence electrons. The van der Waals surface area contributed by atoms with Crippen LogP contribution in [0.3, 0.4) is 0 Å². The predicted molar refractivity (Wildman–Crippen MR) is 33.6 cm³/mol. The molecule has 0 aromatic carbocycles. The van der Waals surface area contributed by atoms with Crippen molar-refractivity contribution in [3.8, 4) is 6.07 Å². The summed E-state index contributed by atoms with van der Waals surface area (Å²) in [7, 11) is 0. The van der Waals surface area contributed by atoms with Crippen LogP contribution in [0.1, 0.15) is 0 Å². The molecule has 0 spiro atoms. The Balaban J connectivity index is 2.67. The molecule has 1 aliphatic heterocycles. The summed E-state index contributed by atoms with van der Waals surface area (Å²) in [6, 6.07) is 2.01. The zero-order chi connectivity index (χ0) is 5.82. The molecule has 0 atom stereocenters. The van der Waals surface area contributed by atoms with Gasteiger partial charge >= 0.3 is 0 Å².